The van der Waals surface area contributed by atoms with Crippen LogP contribution in [0.3, 0.4) is 0 Å². The Balaban J connectivity index is 1.72. The molecule has 0 unspecified atom stereocenters. The summed E-state index contributed by atoms with van der Waals surface area (Å²) in [4.78, 5) is 13.3. The summed E-state index contributed by atoms with van der Waals surface area (Å²) in [6.45, 7) is 0.491. The van der Waals surface area contributed by atoms with Gasteiger partial charge in [0.25, 0.3) is 5.56 Å². The van der Waals surface area contributed by atoms with Crippen molar-refractivity contribution in [3.8, 4) is 28.2 Å². The molecule has 0 aliphatic heterocycles. The van der Waals surface area contributed by atoms with Crippen molar-refractivity contribution < 1.29 is 9.15 Å². The van der Waals surface area contributed by atoms with E-state index in [1.807, 2.05) is 97.2 Å². The second-order valence-electron chi connectivity index (χ2n) is 7.41. The zero-order chi connectivity index (χ0) is 21.2. The first-order valence-electron chi connectivity index (χ1n) is 10.1. The standard InChI is InChI=1S/C27H21NO3/c1-30-22-14-12-20(13-15-22)24-18-28(17-19-8-4-2-5-9-19)27(29)23-16-25(31-26(23)24)21-10-6-3-7-11-21/h2-16,18H,17H2,1H3. The van der Waals surface area contributed by atoms with E-state index in [2.05, 4.69) is 0 Å². The Morgan fingerprint density at radius 1 is 0.839 bits per heavy atom. The molecule has 0 aliphatic rings. The second-order valence-corrected chi connectivity index (χ2v) is 7.41. The number of ether oxygens (including phenoxy) is 1. The summed E-state index contributed by atoms with van der Waals surface area (Å²) in [7, 11) is 1.64. The van der Waals surface area contributed by atoms with E-state index in [4.69, 9.17) is 9.15 Å². The SMILES string of the molecule is COc1ccc(-c2cn(Cc3ccccc3)c(=O)c3cc(-c4ccccc4)oc23)cc1. The van der Waals surface area contributed by atoms with Crippen molar-refractivity contribution in [1.82, 2.24) is 4.57 Å². The van der Waals surface area contributed by atoms with Crippen LogP contribution >= 0.6 is 0 Å². The van der Waals surface area contributed by atoms with Gasteiger partial charge in [0.05, 0.1) is 19.0 Å². The monoisotopic (exact) mass is 407 g/mol. The highest BCUT2D eigenvalue weighted by molar-refractivity contribution is 5.94. The smallest absolute Gasteiger partial charge is 0.262 e. The maximum Gasteiger partial charge on any atom is 0.262 e. The lowest BCUT2D eigenvalue weighted by molar-refractivity contribution is 0.415. The number of hydrogen-bond acceptors (Lipinski definition) is 3. The minimum atomic E-state index is -0.0676. The van der Waals surface area contributed by atoms with Crippen LogP contribution in [0.1, 0.15) is 5.56 Å². The van der Waals surface area contributed by atoms with Crippen LogP contribution in [-0.4, -0.2) is 11.7 Å². The average Bonchev–Trinajstić information content (AvgIpc) is 3.28. The van der Waals surface area contributed by atoms with Crippen molar-refractivity contribution in [2.45, 2.75) is 6.54 Å². The number of pyridine rings is 1. The highest BCUT2D eigenvalue weighted by Crippen LogP contribution is 2.33. The molecule has 5 aromatic rings. The number of furan rings is 1. The van der Waals surface area contributed by atoms with E-state index in [9.17, 15) is 4.79 Å². The van der Waals surface area contributed by atoms with Crippen LogP contribution in [0, 0.1) is 0 Å². The zero-order valence-corrected chi connectivity index (χ0v) is 17.1. The first-order chi connectivity index (χ1) is 15.2. The van der Waals surface area contributed by atoms with Crippen molar-refractivity contribution >= 4 is 11.0 Å². The molecule has 2 heterocycles. The van der Waals surface area contributed by atoms with Gasteiger partial charge in [-0.25, -0.2) is 0 Å². The minimum Gasteiger partial charge on any atom is -0.497 e. The molecular formula is C27H21NO3. The summed E-state index contributed by atoms with van der Waals surface area (Å²) < 4.78 is 13.3. The van der Waals surface area contributed by atoms with Crippen LogP contribution in [-0.2, 0) is 6.54 Å². The Bertz CT molecular complexity index is 1380. The fourth-order valence-electron chi connectivity index (χ4n) is 3.80. The number of benzene rings is 3. The van der Waals surface area contributed by atoms with Gasteiger partial charge in [-0.15, -0.1) is 0 Å². The van der Waals surface area contributed by atoms with E-state index in [1.165, 1.54) is 0 Å². The summed E-state index contributed by atoms with van der Waals surface area (Å²) in [5.74, 6) is 1.46. The Morgan fingerprint density at radius 3 is 2.19 bits per heavy atom. The summed E-state index contributed by atoms with van der Waals surface area (Å²) >= 11 is 0. The highest BCUT2D eigenvalue weighted by atomic mass is 16.5. The molecular weight excluding hydrogens is 386 g/mol. The number of aromatic nitrogens is 1. The van der Waals surface area contributed by atoms with E-state index in [-0.39, 0.29) is 5.56 Å². The third-order valence-corrected chi connectivity index (χ3v) is 5.41. The van der Waals surface area contributed by atoms with Crippen molar-refractivity contribution in [3.63, 3.8) is 0 Å². The van der Waals surface area contributed by atoms with Gasteiger partial charge in [-0.2, -0.15) is 0 Å². The van der Waals surface area contributed by atoms with Gasteiger partial charge in [0.2, 0.25) is 0 Å². The van der Waals surface area contributed by atoms with Crippen LogP contribution in [0.15, 0.2) is 106 Å². The van der Waals surface area contributed by atoms with Crippen LogP contribution in [0.4, 0.5) is 0 Å². The summed E-state index contributed by atoms with van der Waals surface area (Å²) in [6, 6.07) is 29.5. The molecule has 0 saturated heterocycles. The third-order valence-electron chi connectivity index (χ3n) is 5.41. The average molecular weight is 407 g/mol. The molecule has 0 saturated carbocycles. The lowest BCUT2D eigenvalue weighted by Gasteiger charge is -2.10. The van der Waals surface area contributed by atoms with Gasteiger partial charge in [0.15, 0.2) is 0 Å². The van der Waals surface area contributed by atoms with Crippen LogP contribution in [0.5, 0.6) is 5.75 Å². The molecule has 31 heavy (non-hydrogen) atoms. The molecule has 0 bridgehead atoms. The van der Waals surface area contributed by atoms with Gasteiger partial charge >= 0.3 is 0 Å². The number of hydrogen-bond donors (Lipinski definition) is 0. The normalized spacial score (nSPS) is 11.0. The van der Waals surface area contributed by atoms with E-state index in [1.54, 1.807) is 11.7 Å². The molecule has 0 atom stereocenters. The Kier molecular flexibility index (Phi) is 4.89. The topological polar surface area (TPSA) is 44.4 Å². The number of nitrogens with zero attached hydrogens (tertiary/aromatic N) is 1. The number of methoxy groups -OCH3 is 1. The first kappa shape index (κ1) is 18.9. The first-order valence-corrected chi connectivity index (χ1v) is 10.1. The number of fused-ring (bicyclic) bond motifs is 1. The van der Waals surface area contributed by atoms with Crippen molar-refractivity contribution in [1.29, 1.82) is 0 Å². The third kappa shape index (κ3) is 3.64. The highest BCUT2D eigenvalue weighted by Gasteiger charge is 2.17. The van der Waals surface area contributed by atoms with E-state index in [0.717, 1.165) is 28.0 Å². The van der Waals surface area contributed by atoms with Crippen LogP contribution in [0.2, 0.25) is 0 Å². The predicted octanol–water partition coefficient (Wildman–Crippen LogP) is 5.99. The predicted molar refractivity (Wildman–Crippen MR) is 123 cm³/mol. The number of rotatable bonds is 5. The van der Waals surface area contributed by atoms with Gasteiger partial charge in [-0.05, 0) is 29.3 Å². The van der Waals surface area contributed by atoms with Gasteiger partial charge in [0.1, 0.15) is 17.1 Å². The molecule has 152 valence electrons. The molecule has 4 nitrogen and oxygen atoms in total. The van der Waals surface area contributed by atoms with Crippen molar-refractivity contribution in [2.24, 2.45) is 0 Å². The molecule has 0 fully saturated rings. The van der Waals surface area contributed by atoms with E-state index in [0.29, 0.717) is 23.3 Å². The molecule has 2 aromatic heterocycles. The Hall–Kier alpha value is -4.05. The Labute approximate surface area is 180 Å². The Morgan fingerprint density at radius 2 is 1.52 bits per heavy atom. The quantitative estimate of drug-likeness (QED) is 0.360. The van der Waals surface area contributed by atoms with Gasteiger partial charge in [-0.3, -0.25) is 4.79 Å². The summed E-state index contributed by atoms with van der Waals surface area (Å²) in [6.07, 6.45) is 1.89. The molecule has 0 spiro atoms. The largest absolute Gasteiger partial charge is 0.497 e. The minimum absolute atomic E-state index is 0.0676. The molecule has 5 rings (SSSR count). The fraction of sp³-hybridized carbons (Fsp3) is 0.0741. The van der Waals surface area contributed by atoms with Crippen LogP contribution < -0.4 is 10.3 Å². The molecule has 0 aliphatic carbocycles. The molecule has 3 aromatic carbocycles. The van der Waals surface area contributed by atoms with Gasteiger partial charge in [0, 0.05) is 17.3 Å². The molecule has 0 radical (unpaired) electrons. The maximum absolute atomic E-state index is 13.3. The molecule has 4 heteroatoms. The molecule has 0 amide bonds. The lowest BCUT2D eigenvalue weighted by Crippen LogP contribution is -2.20. The van der Waals surface area contributed by atoms with E-state index >= 15 is 0 Å². The second kappa shape index (κ2) is 8.00. The fourth-order valence-corrected chi connectivity index (χ4v) is 3.80. The lowest BCUT2D eigenvalue weighted by atomic mass is 10.1. The van der Waals surface area contributed by atoms with Gasteiger partial charge < -0.3 is 13.7 Å². The maximum atomic E-state index is 13.3. The molecule has 0 N–H and O–H groups in total. The van der Waals surface area contributed by atoms with E-state index < -0.39 is 0 Å². The summed E-state index contributed by atoms with van der Waals surface area (Å²) in [5.41, 5.74) is 4.36. The van der Waals surface area contributed by atoms with Crippen LogP contribution in [0.25, 0.3) is 33.4 Å². The van der Waals surface area contributed by atoms with Crippen molar-refractivity contribution in [2.75, 3.05) is 7.11 Å². The summed E-state index contributed by atoms with van der Waals surface area (Å²) in [5, 5.41) is 0.572. The van der Waals surface area contributed by atoms with Gasteiger partial charge in [-0.1, -0.05) is 72.8 Å². The van der Waals surface area contributed by atoms with Crippen molar-refractivity contribution in [3.05, 3.63) is 113 Å². The zero-order valence-electron chi connectivity index (χ0n) is 17.1.